The predicted molar refractivity (Wildman–Crippen MR) is 90.9 cm³/mol. The van der Waals surface area contributed by atoms with E-state index < -0.39 is 6.04 Å². The van der Waals surface area contributed by atoms with E-state index in [1.807, 2.05) is 37.4 Å². The van der Waals surface area contributed by atoms with E-state index in [-0.39, 0.29) is 18.2 Å². The van der Waals surface area contributed by atoms with Gasteiger partial charge in [-0.2, -0.15) is 0 Å². The normalized spacial score (nSPS) is 12.1. The first kappa shape index (κ1) is 17.0. The van der Waals surface area contributed by atoms with Gasteiger partial charge < -0.3 is 21.4 Å². The molecule has 2 rings (SSSR count). The number of aromatic nitrogens is 1. The number of para-hydroxylation sites is 1. The summed E-state index contributed by atoms with van der Waals surface area (Å²) in [5.74, 6) is -0.295. The molecule has 6 nitrogen and oxygen atoms in total. The van der Waals surface area contributed by atoms with E-state index in [1.54, 1.807) is 0 Å². The van der Waals surface area contributed by atoms with E-state index in [4.69, 9.17) is 5.73 Å². The first-order chi connectivity index (χ1) is 11.1. The lowest BCUT2D eigenvalue weighted by molar-refractivity contribution is -0.123. The van der Waals surface area contributed by atoms with E-state index in [0.717, 1.165) is 22.9 Å². The highest BCUT2D eigenvalue weighted by Gasteiger charge is 2.16. The van der Waals surface area contributed by atoms with Crippen LogP contribution in [0.15, 0.2) is 30.5 Å². The fourth-order valence-corrected chi connectivity index (χ4v) is 2.41. The molecule has 0 saturated carbocycles. The average Bonchev–Trinajstić information content (AvgIpc) is 2.96. The second kappa shape index (κ2) is 8.33. The topological polar surface area (TPSA) is 100 Å². The van der Waals surface area contributed by atoms with Crippen molar-refractivity contribution in [2.24, 2.45) is 5.73 Å². The van der Waals surface area contributed by atoms with Crippen LogP contribution in [0.2, 0.25) is 0 Å². The number of H-pyrrole nitrogens is 1. The standard InChI is InChI=1S/C17H24N4O2/c1-2-8-19-16(22)7-9-20-17(23)14(18)10-12-11-21-15-6-4-3-5-13(12)15/h3-6,11,14,21H,2,7-10,18H2,1H3,(H,19,22)(H,20,23)/t14-/m0/s1. The number of carbonyl (C=O) groups is 2. The summed E-state index contributed by atoms with van der Waals surface area (Å²) in [6.07, 6.45) is 3.51. The van der Waals surface area contributed by atoms with Crippen molar-refractivity contribution in [3.05, 3.63) is 36.0 Å². The van der Waals surface area contributed by atoms with Crippen molar-refractivity contribution in [3.8, 4) is 0 Å². The number of nitrogens with one attached hydrogen (secondary N) is 3. The zero-order valence-electron chi connectivity index (χ0n) is 13.4. The van der Waals surface area contributed by atoms with E-state index in [9.17, 15) is 9.59 Å². The zero-order chi connectivity index (χ0) is 16.7. The molecule has 0 aliphatic carbocycles. The smallest absolute Gasteiger partial charge is 0.237 e. The largest absolute Gasteiger partial charge is 0.361 e. The van der Waals surface area contributed by atoms with E-state index in [1.165, 1.54) is 0 Å². The third kappa shape index (κ3) is 4.82. The van der Waals surface area contributed by atoms with Gasteiger partial charge in [0.2, 0.25) is 11.8 Å². The van der Waals surface area contributed by atoms with Gasteiger partial charge in [-0.05, 0) is 24.5 Å². The van der Waals surface area contributed by atoms with Crippen molar-refractivity contribution in [2.45, 2.75) is 32.2 Å². The van der Waals surface area contributed by atoms with Crippen molar-refractivity contribution in [3.63, 3.8) is 0 Å². The third-order valence-corrected chi connectivity index (χ3v) is 3.67. The summed E-state index contributed by atoms with van der Waals surface area (Å²) >= 11 is 0. The van der Waals surface area contributed by atoms with Crippen LogP contribution in [0.1, 0.15) is 25.3 Å². The summed E-state index contributed by atoms with van der Waals surface area (Å²) in [6.45, 7) is 2.95. The van der Waals surface area contributed by atoms with Gasteiger partial charge in [-0.3, -0.25) is 9.59 Å². The molecular weight excluding hydrogens is 292 g/mol. The number of hydrogen-bond donors (Lipinski definition) is 4. The molecular formula is C17H24N4O2. The van der Waals surface area contributed by atoms with Gasteiger partial charge in [0, 0.05) is 36.6 Å². The molecule has 1 aromatic heterocycles. The van der Waals surface area contributed by atoms with Crippen molar-refractivity contribution in [2.75, 3.05) is 13.1 Å². The van der Waals surface area contributed by atoms with Gasteiger partial charge in [-0.15, -0.1) is 0 Å². The lowest BCUT2D eigenvalue weighted by Crippen LogP contribution is -2.43. The molecule has 2 aromatic rings. The van der Waals surface area contributed by atoms with Crippen LogP contribution in [0, 0.1) is 0 Å². The molecule has 1 aromatic carbocycles. The SMILES string of the molecule is CCCNC(=O)CCNC(=O)[C@@H](N)Cc1c[nH]c2ccccc12. The van der Waals surface area contributed by atoms with Crippen LogP contribution in [-0.4, -0.2) is 35.9 Å². The molecule has 5 N–H and O–H groups in total. The van der Waals surface area contributed by atoms with Crippen molar-refractivity contribution < 1.29 is 9.59 Å². The number of benzene rings is 1. The Hall–Kier alpha value is -2.34. The molecule has 0 aliphatic rings. The number of carbonyl (C=O) groups excluding carboxylic acids is 2. The van der Waals surface area contributed by atoms with E-state index >= 15 is 0 Å². The fourth-order valence-electron chi connectivity index (χ4n) is 2.41. The predicted octanol–water partition coefficient (Wildman–Crippen LogP) is 1.07. The molecule has 2 amide bonds. The molecule has 0 fully saturated rings. The molecule has 1 heterocycles. The molecule has 0 spiro atoms. The van der Waals surface area contributed by atoms with Gasteiger partial charge in [0.05, 0.1) is 6.04 Å². The average molecular weight is 316 g/mol. The van der Waals surface area contributed by atoms with Gasteiger partial charge in [0.15, 0.2) is 0 Å². The Bertz CT molecular complexity index is 665. The number of hydrogen-bond acceptors (Lipinski definition) is 3. The Kier molecular flexibility index (Phi) is 6.17. The fraction of sp³-hybridized carbons (Fsp3) is 0.412. The monoisotopic (exact) mass is 316 g/mol. The Morgan fingerprint density at radius 1 is 1.22 bits per heavy atom. The first-order valence-electron chi connectivity index (χ1n) is 7.96. The van der Waals surface area contributed by atoms with Crippen LogP contribution < -0.4 is 16.4 Å². The number of fused-ring (bicyclic) bond motifs is 1. The summed E-state index contributed by atoms with van der Waals surface area (Å²) < 4.78 is 0. The van der Waals surface area contributed by atoms with Crippen LogP contribution >= 0.6 is 0 Å². The van der Waals surface area contributed by atoms with Crippen LogP contribution in [0.5, 0.6) is 0 Å². The number of nitrogens with two attached hydrogens (primary N) is 1. The zero-order valence-corrected chi connectivity index (χ0v) is 13.4. The summed E-state index contributed by atoms with van der Waals surface area (Å²) in [5, 5.41) is 6.56. The van der Waals surface area contributed by atoms with Crippen molar-refractivity contribution >= 4 is 22.7 Å². The summed E-state index contributed by atoms with van der Waals surface area (Å²) in [5.41, 5.74) is 8.02. The van der Waals surface area contributed by atoms with Crippen LogP contribution in [0.25, 0.3) is 10.9 Å². The minimum atomic E-state index is -0.632. The van der Waals surface area contributed by atoms with Crippen LogP contribution in [-0.2, 0) is 16.0 Å². The van der Waals surface area contributed by atoms with Crippen LogP contribution in [0.3, 0.4) is 0 Å². The second-order valence-electron chi connectivity index (χ2n) is 5.56. The van der Waals surface area contributed by atoms with Crippen molar-refractivity contribution in [1.29, 1.82) is 0 Å². The lowest BCUT2D eigenvalue weighted by Gasteiger charge is -2.12. The Labute approximate surface area is 135 Å². The van der Waals surface area contributed by atoms with Gasteiger partial charge in [-0.1, -0.05) is 25.1 Å². The van der Waals surface area contributed by atoms with Gasteiger partial charge in [0.25, 0.3) is 0 Å². The van der Waals surface area contributed by atoms with Gasteiger partial charge >= 0.3 is 0 Å². The third-order valence-electron chi connectivity index (χ3n) is 3.67. The van der Waals surface area contributed by atoms with Crippen LogP contribution in [0.4, 0.5) is 0 Å². The molecule has 0 unspecified atom stereocenters. The summed E-state index contributed by atoms with van der Waals surface area (Å²) in [6, 6.07) is 7.27. The van der Waals surface area contributed by atoms with E-state index in [0.29, 0.717) is 19.5 Å². The highest BCUT2D eigenvalue weighted by Crippen LogP contribution is 2.18. The molecule has 0 bridgehead atoms. The Morgan fingerprint density at radius 3 is 2.78 bits per heavy atom. The number of rotatable bonds is 8. The maximum Gasteiger partial charge on any atom is 0.237 e. The number of aromatic amines is 1. The summed E-state index contributed by atoms with van der Waals surface area (Å²) in [7, 11) is 0. The van der Waals surface area contributed by atoms with Gasteiger partial charge in [0.1, 0.15) is 0 Å². The molecule has 0 aliphatic heterocycles. The maximum absolute atomic E-state index is 12.0. The second-order valence-corrected chi connectivity index (χ2v) is 5.56. The molecule has 0 saturated heterocycles. The molecule has 23 heavy (non-hydrogen) atoms. The minimum Gasteiger partial charge on any atom is -0.361 e. The Balaban J connectivity index is 1.80. The van der Waals surface area contributed by atoms with E-state index in [2.05, 4.69) is 15.6 Å². The maximum atomic E-state index is 12.0. The highest BCUT2D eigenvalue weighted by atomic mass is 16.2. The molecule has 1 atom stereocenters. The highest BCUT2D eigenvalue weighted by molar-refractivity contribution is 5.86. The first-order valence-corrected chi connectivity index (χ1v) is 7.96. The van der Waals surface area contributed by atoms with Gasteiger partial charge in [-0.25, -0.2) is 0 Å². The summed E-state index contributed by atoms with van der Waals surface area (Å²) in [4.78, 5) is 26.7. The Morgan fingerprint density at radius 2 is 2.00 bits per heavy atom. The minimum absolute atomic E-state index is 0.0580. The van der Waals surface area contributed by atoms with Crippen molar-refractivity contribution in [1.82, 2.24) is 15.6 Å². The molecule has 124 valence electrons. The lowest BCUT2D eigenvalue weighted by atomic mass is 10.1. The molecule has 0 radical (unpaired) electrons. The number of amides is 2. The quantitative estimate of drug-likeness (QED) is 0.586. The molecule has 6 heteroatoms.